The molecule has 1 aliphatic rings. The van der Waals surface area contributed by atoms with E-state index in [1.165, 1.54) is 37.8 Å². The molecule has 0 saturated heterocycles. The van der Waals surface area contributed by atoms with E-state index in [0.717, 1.165) is 17.9 Å². The van der Waals surface area contributed by atoms with E-state index in [9.17, 15) is 13.2 Å². The first-order valence-electron chi connectivity index (χ1n) is 6.61. The fourth-order valence-corrected chi connectivity index (χ4v) is 2.70. The van der Waals surface area contributed by atoms with Crippen LogP contribution in [0.15, 0.2) is 24.3 Å². The zero-order valence-corrected chi connectivity index (χ0v) is 10.6. The van der Waals surface area contributed by atoms with Gasteiger partial charge in [0.05, 0.1) is 5.56 Å². The summed E-state index contributed by atoms with van der Waals surface area (Å²) in [5.74, 6) is 1.46. The van der Waals surface area contributed by atoms with Gasteiger partial charge in [0.1, 0.15) is 0 Å². The van der Waals surface area contributed by atoms with Crippen LogP contribution in [0.25, 0.3) is 0 Å². The maximum atomic E-state index is 12.4. The van der Waals surface area contributed by atoms with Gasteiger partial charge in [0.15, 0.2) is 0 Å². The normalized spacial score (nSPS) is 25.1. The summed E-state index contributed by atoms with van der Waals surface area (Å²) in [6.45, 7) is 2.27. The van der Waals surface area contributed by atoms with Gasteiger partial charge in [0.25, 0.3) is 0 Å². The fraction of sp³-hybridized carbons (Fsp3) is 0.600. The minimum Gasteiger partial charge on any atom is -0.166 e. The molecule has 0 radical (unpaired) electrons. The highest BCUT2D eigenvalue weighted by Gasteiger charge is 2.30. The maximum Gasteiger partial charge on any atom is 0.416 e. The van der Waals surface area contributed by atoms with Crippen molar-refractivity contribution < 1.29 is 13.2 Å². The average Bonchev–Trinajstić information content (AvgIpc) is 2.32. The smallest absolute Gasteiger partial charge is 0.166 e. The summed E-state index contributed by atoms with van der Waals surface area (Å²) in [6.07, 6.45) is 1.63. The monoisotopic (exact) mass is 256 g/mol. The molecule has 0 atom stereocenters. The first-order valence-corrected chi connectivity index (χ1v) is 6.61. The van der Waals surface area contributed by atoms with E-state index in [-0.39, 0.29) is 0 Å². The van der Waals surface area contributed by atoms with Crippen molar-refractivity contribution in [2.75, 3.05) is 0 Å². The molecular weight excluding hydrogens is 237 g/mol. The second-order valence-electron chi connectivity index (χ2n) is 5.52. The summed E-state index contributed by atoms with van der Waals surface area (Å²) in [7, 11) is 0. The summed E-state index contributed by atoms with van der Waals surface area (Å²) in [5.41, 5.74) is 0.478. The van der Waals surface area contributed by atoms with Crippen molar-refractivity contribution in [2.45, 2.75) is 45.2 Å². The van der Waals surface area contributed by atoms with Gasteiger partial charge in [0.2, 0.25) is 0 Å². The lowest BCUT2D eigenvalue weighted by molar-refractivity contribution is -0.137. The minimum atomic E-state index is -4.22. The van der Waals surface area contributed by atoms with E-state index < -0.39 is 11.7 Å². The van der Waals surface area contributed by atoms with Gasteiger partial charge >= 0.3 is 6.18 Å². The topological polar surface area (TPSA) is 0 Å². The van der Waals surface area contributed by atoms with Gasteiger partial charge in [-0.05, 0) is 48.8 Å². The molecule has 0 spiro atoms. The first-order chi connectivity index (χ1) is 8.45. The molecule has 0 unspecified atom stereocenters. The third-order valence-corrected chi connectivity index (χ3v) is 3.94. The number of hydrogen-bond donors (Lipinski definition) is 0. The van der Waals surface area contributed by atoms with E-state index in [2.05, 4.69) is 6.92 Å². The third kappa shape index (κ3) is 3.50. The first kappa shape index (κ1) is 13.4. The predicted octanol–water partition coefficient (Wildman–Crippen LogP) is 5.07. The van der Waals surface area contributed by atoms with Crippen LogP contribution in [0.1, 0.15) is 43.7 Å². The lowest BCUT2D eigenvalue weighted by Gasteiger charge is -2.26. The van der Waals surface area contributed by atoms with Crippen LogP contribution >= 0.6 is 0 Å². The van der Waals surface area contributed by atoms with Crippen LogP contribution in [0.5, 0.6) is 0 Å². The summed E-state index contributed by atoms with van der Waals surface area (Å²) in [4.78, 5) is 0. The van der Waals surface area contributed by atoms with Crippen molar-refractivity contribution >= 4 is 0 Å². The average molecular weight is 256 g/mol. The molecule has 1 saturated carbocycles. The predicted molar refractivity (Wildman–Crippen MR) is 66.3 cm³/mol. The second kappa shape index (κ2) is 5.33. The fourth-order valence-electron chi connectivity index (χ4n) is 2.70. The Morgan fingerprint density at radius 1 is 1.00 bits per heavy atom. The Kier molecular flexibility index (Phi) is 3.98. The molecule has 1 aliphatic carbocycles. The van der Waals surface area contributed by atoms with Crippen LogP contribution < -0.4 is 0 Å². The molecule has 0 amide bonds. The largest absolute Gasteiger partial charge is 0.416 e. The SMILES string of the molecule is CC1CCC(Cc2ccc(C(F)(F)F)cc2)CC1. The van der Waals surface area contributed by atoms with Crippen LogP contribution in [0.3, 0.4) is 0 Å². The zero-order valence-electron chi connectivity index (χ0n) is 10.6. The van der Waals surface area contributed by atoms with E-state index in [1.807, 2.05) is 0 Å². The van der Waals surface area contributed by atoms with E-state index in [4.69, 9.17) is 0 Å². The molecule has 1 aromatic carbocycles. The highest BCUT2D eigenvalue weighted by atomic mass is 19.4. The zero-order chi connectivity index (χ0) is 13.2. The minimum absolute atomic E-state index is 0.552. The van der Waals surface area contributed by atoms with Gasteiger partial charge in [-0.2, -0.15) is 13.2 Å². The molecule has 0 N–H and O–H groups in total. The highest BCUT2D eigenvalue weighted by Crippen LogP contribution is 2.32. The van der Waals surface area contributed by atoms with Gasteiger partial charge in [0, 0.05) is 0 Å². The van der Waals surface area contributed by atoms with Gasteiger partial charge < -0.3 is 0 Å². The number of alkyl halides is 3. The van der Waals surface area contributed by atoms with Crippen LogP contribution in [0.4, 0.5) is 13.2 Å². The van der Waals surface area contributed by atoms with Crippen molar-refractivity contribution in [3.63, 3.8) is 0 Å². The lowest BCUT2D eigenvalue weighted by atomic mass is 9.80. The maximum absolute atomic E-state index is 12.4. The van der Waals surface area contributed by atoms with Gasteiger partial charge in [-0.3, -0.25) is 0 Å². The van der Waals surface area contributed by atoms with E-state index in [0.29, 0.717) is 5.92 Å². The van der Waals surface area contributed by atoms with Crippen molar-refractivity contribution in [1.29, 1.82) is 0 Å². The van der Waals surface area contributed by atoms with Crippen LogP contribution in [0, 0.1) is 11.8 Å². The highest BCUT2D eigenvalue weighted by molar-refractivity contribution is 5.24. The van der Waals surface area contributed by atoms with Gasteiger partial charge in [-0.1, -0.05) is 31.9 Å². The summed E-state index contributed by atoms with van der Waals surface area (Å²) in [5, 5.41) is 0. The molecule has 100 valence electrons. The lowest BCUT2D eigenvalue weighted by Crippen LogP contribution is -2.14. The molecule has 1 fully saturated rings. The van der Waals surface area contributed by atoms with E-state index >= 15 is 0 Å². The second-order valence-corrected chi connectivity index (χ2v) is 5.52. The van der Waals surface area contributed by atoms with Crippen molar-refractivity contribution in [3.05, 3.63) is 35.4 Å². The number of rotatable bonds is 2. The Balaban J connectivity index is 1.94. The molecule has 0 bridgehead atoms. The van der Waals surface area contributed by atoms with Crippen molar-refractivity contribution in [3.8, 4) is 0 Å². The molecule has 3 heteroatoms. The van der Waals surface area contributed by atoms with Crippen LogP contribution in [0.2, 0.25) is 0 Å². The Morgan fingerprint density at radius 3 is 2.06 bits per heavy atom. The Hall–Kier alpha value is -0.990. The number of halogens is 3. The van der Waals surface area contributed by atoms with Gasteiger partial charge in [-0.15, -0.1) is 0 Å². The molecule has 2 rings (SSSR count). The van der Waals surface area contributed by atoms with Crippen molar-refractivity contribution in [2.24, 2.45) is 11.8 Å². The number of benzene rings is 1. The summed E-state index contributed by atoms with van der Waals surface area (Å²) < 4.78 is 37.3. The number of hydrogen-bond acceptors (Lipinski definition) is 0. The van der Waals surface area contributed by atoms with Gasteiger partial charge in [-0.25, -0.2) is 0 Å². The standard InChI is InChI=1S/C15H19F3/c1-11-2-4-12(5-3-11)10-13-6-8-14(9-7-13)15(16,17)18/h6-9,11-12H,2-5,10H2,1H3. The third-order valence-electron chi connectivity index (χ3n) is 3.94. The van der Waals surface area contributed by atoms with Crippen molar-refractivity contribution in [1.82, 2.24) is 0 Å². The Bertz CT molecular complexity index is 370. The summed E-state index contributed by atoms with van der Waals surface area (Å²) in [6, 6.07) is 5.64. The molecular formula is C15H19F3. The molecule has 1 aromatic rings. The van der Waals surface area contributed by atoms with Crippen LogP contribution in [-0.2, 0) is 12.6 Å². The molecule has 0 aliphatic heterocycles. The molecule has 0 heterocycles. The summed E-state index contributed by atoms with van der Waals surface area (Å²) >= 11 is 0. The molecule has 18 heavy (non-hydrogen) atoms. The Labute approximate surface area is 106 Å². The van der Waals surface area contributed by atoms with E-state index in [1.54, 1.807) is 12.1 Å². The molecule has 0 nitrogen and oxygen atoms in total. The quantitative estimate of drug-likeness (QED) is 0.692. The molecule has 0 aromatic heterocycles. The Morgan fingerprint density at radius 2 is 1.56 bits per heavy atom. The van der Waals surface area contributed by atoms with Crippen LogP contribution in [-0.4, -0.2) is 0 Å².